The van der Waals surface area contributed by atoms with Crippen molar-refractivity contribution in [2.24, 2.45) is 0 Å². The fourth-order valence-corrected chi connectivity index (χ4v) is 2.05. The monoisotopic (exact) mass is 335 g/mol. The summed E-state index contributed by atoms with van der Waals surface area (Å²) in [6, 6.07) is 12.7. The van der Waals surface area contributed by atoms with Gasteiger partial charge in [0, 0.05) is 11.6 Å². The fourth-order valence-electron chi connectivity index (χ4n) is 1.85. The molecule has 0 aliphatic rings. The van der Waals surface area contributed by atoms with Gasteiger partial charge >= 0.3 is 5.97 Å². The third-order valence-corrected chi connectivity index (χ3v) is 3.43. The van der Waals surface area contributed by atoms with E-state index in [-0.39, 0.29) is 25.4 Å². The standard InChI is InChI=1S/C17H15ClFNO3/c18-15-4-2-1-3-13(15)9-17(22)23-11-16(21)20-10-12-5-7-14(19)8-6-12/h1-8H,9-11H2,(H,20,21). The molecule has 2 aromatic carbocycles. The molecule has 0 unspecified atom stereocenters. The minimum atomic E-state index is -0.532. The van der Waals surface area contributed by atoms with Crippen LogP contribution in [-0.4, -0.2) is 18.5 Å². The van der Waals surface area contributed by atoms with Gasteiger partial charge in [0.15, 0.2) is 6.61 Å². The molecule has 0 aliphatic heterocycles. The van der Waals surface area contributed by atoms with Crippen molar-refractivity contribution >= 4 is 23.5 Å². The second kappa shape index (κ2) is 8.29. The third-order valence-electron chi connectivity index (χ3n) is 3.06. The Balaban J connectivity index is 1.72. The van der Waals surface area contributed by atoms with Crippen LogP contribution in [0.25, 0.3) is 0 Å². The lowest BCUT2D eigenvalue weighted by molar-refractivity contribution is -0.147. The van der Waals surface area contributed by atoms with Crippen LogP contribution >= 0.6 is 11.6 Å². The van der Waals surface area contributed by atoms with Gasteiger partial charge in [0.1, 0.15) is 5.82 Å². The zero-order chi connectivity index (χ0) is 16.7. The first kappa shape index (κ1) is 17.0. The molecule has 0 aliphatic carbocycles. The molecule has 0 bridgehead atoms. The Morgan fingerprint density at radius 1 is 1.09 bits per heavy atom. The average Bonchev–Trinajstić information content (AvgIpc) is 2.54. The molecule has 0 atom stereocenters. The summed E-state index contributed by atoms with van der Waals surface area (Å²) in [5, 5.41) is 3.06. The molecule has 23 heavy (non-hydrogen) atoms. The zero-order valence-electron chi connectivity index (χ0n) is 12.2. The molecule has 0 fully saturated rings. The number of carbonyl (C=O) groups is 2. The highest BCUT2D eigenvalue weighted by atomic mass is 35.5. The maximum atomic E-state index is 12.7. The predicted octanol–water partition coefficient (Wildman–Crippen LogP) is 2.88. The van der Waals surface area contributed by atoms with Gasteiger partial charge in [-0.05, 0) is 29.3 Å². The van der Waals surface area contributed by atoms with Gasteiger partial charge in [-0.1, -0.05) is 41.9 Å². The maximum absolute atomic E-state index is 12.7. The summed E-state index contributed by atoms with van der Waals surface area (Å²) in [6.45, 7) is -0.133. The summed E-state index contributed by atoms with van der Waals surface area (Å²) in [5.74, 6) is -1.30. The third kappa shape index (κ3) is 5.71. The van der Waals surface area contributed by atoms with Gasteiger partial charge in [-0.25, -0.2) is 4.39 Å². The SMILES string of the molecule is O=C(COC(=O)Cc1ccccc1Cl)NCc1ccc(F)cc1. The lowest BCUT2D eigenvalue weighted by atomic mass is 10.1. The van der Waals surface area contributed by atoms with Crippen LogP contribution in [0.3, 0.4) is 0 Å². The average molecular weight is 336 g/mol. The number of benzene rings is 2. The summed E-state index contributed by atoms with van der Waals surface area (Å²) in [5.41, 5.74) is 1.40. The van der Waals surface area contributed by atoms with Crippen molar-refractivity contribution in [3.05, 3.63) is 70.5 Å². The second-order valence-electron chi connectivity index (χ2n) is 4.83. The molecular formula is C17H15ClFNO3. The molecule has 0 saturated heterocycles. The van der Waals surface area contributed by atoms with E-state index >= 15 is 0 Å². The molecule has 1 N–H and O–H groups in total. The minimum absolute atomic E-state index is 0.00488. The van der Waals surface area contributed by atoms with Crippen molar-refractivity contribution in [3.63, 3.8) is 0 Å². The maximum Gasteiger partial charge on any atom is 0.310 e. The normalized spacial score (nSPS) is 10.2. The molecule has 0 aromatic heterocycles. The van der Waals surface area contributed by atoms with E-state index in [1.807, 2.05) is 0 Å². The lowest BCUT2D eigenvalue weighted by Gasteiger charge is -2.07. The molecular weight excluding hydrogens is 321 g/mol. The second-order valence-corrected chi connectivity index (χ2v) is 5.24. The summed E-state index contributed by atoms with van der Waals surface area (Å²) in [6.07, 6.45) is 0.00488. The lowest BCUT2D eigenvalue weighted by Crippen LogP contribution is -2.28. The summed E-state index contributed by atoms with van der Waals surface area (Å²) in [7, 11) is 0. The van der Waals surface area contributed by atoms with E-state index < -0.39 is 11.9 Å². The van der Waals surface area contributed by atoms with Crippen LogP contribution in [0.15, 0.2) is 48.5 Å². The van der Waals surface area contributed by atoms with Gasteiger partial charge in [0.05, 0.1) is 6.42 Å². The van der Waals surface area contributed by atoms with E-state index in [2.05, 4.69) is 5.32 Å². The van der Waals surface area contributed by atoms with E-state index in [0.29, 0.717) is 10.6 Å². The van der Waals surface area contributed by atoms with Crippen molar-refractivity contribution in [2.75, 3.05) is 6.61 Å². The van der Waals surface area contributed by atoms with E-state index in [1.165, 1.54) is 12.1 Å². The Morgan fingerprint density at radius 3 is 2.48 bits per heavy atom. The number of rotatable bonds is 6. The molecule has 2 aromatic rings. The van der Waals surface area contributed by atoms with Crippen LogP contribution < -0.4 is 5.32 Å². The highest BCUT2D eigenvalue weighted by Gasteiger charge is 2.10. The summed E-state index contributed by atoms with van der Waals surface area (Å²) in [4.78, 5) is 23.3. The summed E-state index contributed by atoms with van der Waals surface area (Å²) >= 11 is 5.95. The number of halogens is 2. The number of carbonyl (C=O) groups excluding carboxylic acids is 2. The quantitative estimate of drug-likeness (QED) is 0.826. The van der Waals surface area contributed by atoms with Crippen LogP contribution in [-0.2, 0) is 27.3 Å². The van der Waals surface area contributed by atoms with Crippen molar-refractivity contribution in [3.8, 4) is 0 Å². The first-order valence-corrected chi connectivity index (χ1v) is 7.32. The van der Waals surface area contributed by atoms with E-state index in [1.54, 1.807) is 36.4 Å². The fraction of sp³-hybridized carbons (Fsp3) is 0.176. The van der Waals surface area contributed by atoms with Crippen LogP contribution in [0.1, 0.15) is 11.1 Å². The van der Waals surface area contributed by atoms with Crippen molar-refractivity contribution in [2.45, 2.75) is 13.0 Å². The van der Waals surface area contributed by atoms with Crippen molar-refractivity contribution in [1.82, 2.24) is 5.32 Å². The Bertz CT molecular complexity index is 688. The van der Waals surface area contributed by atoms with Gasteiger partial charge in [-0.3, -0.25) is 9.59 Å². The predicted molar refractivity (Wildman–Crippen MR) is 84.4 cm³/mol. The molecule has 1 amide bonds. The van der Waals surface area contributed by atoms with Crippen molar-refractivity contribution < 1.29 is 18.7 Å². The molecule has 0 radical (unpaired) electrons. The van der Waals surface area contributed by atoms with Crippen LogP contribution in [0.2, 0.25) is 5.02 Å². The topological polar surface area (TPSA) is 55.4 Å². The molecule has 0 saturated carbocycles. The van der Waals surface area contributed by atoms with Gasteiger partial charge in [0.25, 0.3) is 5.91 Å². The van der Waals surface area contributed by atoms with Crippen LogP contribution in [0.4, 0.5) is 4.39 Å². The summed E-state index contributed by atoms with van der Waals surface area (Å²) < 4.78 is 17.6. The minimum Gasteiger partial charge on any atom is -0.455 e. The number of nitrogens with one attached hydrogen (secondary N) is 1. The van der Waals surface area contributed by atoms with E-state index in [4.69, 9.17) is 16.3 Å². The number of ether oxygens (including phenoxy) is 1. The number of hydrogen-bond acceptors (Lipinski definition) is 3. The molecule has 4 nitrogen and oxygen atoms in total. The molecule has 6 heteroatoms. The largest absolute Gasteiger partial charge is 0.455 e. The van der Waals surface area contributed by atoms with Gasteiger partial charge < -0.3 is 10.1 Å². The van der Waals surface area contributed by atoms with Gasteiger partial charge in [0.2, 0.25) is 0 Å². The Morgan fingerprint density at radius 2 is 1.78 bits per heavy atom. The van der Waals surface area contributed by atoms with Crippen LogP contribution in [0, 0.1) is 5.82 Å². The number of hydrogen-bond donors (Lipinski definition) is 1. The highest BCUT2D eigenvalue weighted by Crippen LogP contribution is 2.15. The molecule has 2 rings (SSSR count). The zero-order valence-corrected chi connectivity index (χ0v) is 13.0. The molecule has 0 spiro atoms. The number of amides is 1. The Labute approximate surface area is 138 Å². The molecule has 0 heterocycles. The first-order chi connectivity index (χ1) is 11.0. The Hall–Kier alpha value is -2.40. The van der Waals surface area contributed by atoms with Crippen LogP contribution in [0.5, 0.6) is 0 Å². The first-order valence-electron chi connectivity index (χ1n) is 6.95. The van der Waals surface area contributed by atoms with Gasteiger partial charge in [-0.15, -0.1) is 0 Å². The van der Waals surface area contributed by atoms with Crippen molar-refractivity contribution in [1.29, 1.82) is 0 Å². The smallest absolute Gasteiger partial charge is 0.310 e. The Kier molecular flexibility index (Phi) is 6.11. The highest BCUT2D eigenvalue weighted by molar-refractivity contribution is 6.31. The molecule has 120 valence electrons. The van der Waals surface area contributed by atoms with E-state index in [9.17, 15) is 14.0 Å². The number of esters is 1. The van der Waals surface area contributed by atoms with E-state index in [0.717, 1.165) is 5.56 Å². The van der Waals surface area contributed by atoms with Gasteiger partial charge in [-0.2, -0.15) is 0 Å².